The van der Waals surface area contributed by atoms with Crippen molar-refractivity contribution < 1.29 is 18.7 Å². The van der Waals surface area contributed by atoms with E-state index in [2.05, 4.69) is 15.6 Å². The van der Waals surface area contributed by atoms with E-state index >= 15 is 0 Å². The van der Waals surface area contributed by atoms with Crippen molar-refractivity contribution in [2.75, 3.05) is 25.1 Å². The lowest BCUT2D eigenvalue weighted by atomic mass is 10.2. The molecule has 0 unspecified atom stereocenters. The fourth-order valence-corrected chi connectivity index (χ4v) is 2.81. The van der Waals surface area contributed by atoms with Crippen LogP contribution in [0.5, 0.6) is 5.75 Å². The fourth-order valence-electron chi connectivity index (χ4n) is 2.81. The van der Waals surface area contributed by atoms with E-state index in [1.807, 2.05) is 31.2 Å². The summed E-state index contributed by atoms with van der Waals surface area (Å²) in [6.45, 7) is 3.70. The number of guanidine groups is 1. The molecule has 1 atom stereocenters. The van der Waals surface area contributed by atoms with Crippen LogP contribution in [0.1, 0.15) is 30.1 Å². The Labute approximate surface area is 163 Å². The van der Waals surface area contributed by atoms with Crippen LogP contribution in [0.25, 0.3) is 0 Å². The molecule has 28 heavy (non-hydrogen) atoms. The lowest BCUT2D eigenvalue weighted by Crippen LogP contribution is -2.36. The Hall–Kier alpha value is -2.93. The predicted octanol–water partition coefficient (Wildman–Crippen LogP) is 3.60. The van der Waals surface area contributed by atoms with Crippen LogP contribution in [-0.2, 0) is 4.74 Å². The van der Waals surface area contributed by atoms with Gasteiger partial charge in [0.05, 0.1) is 19.3 Å². The van der Waals surface area contributed by atoms with Crippen molar-refractivity contribution in [2.24, 2.45) is 4.99 Å². The van der Waals surface area contributed by atoms with E-state index < -0.39 is 5.82 Å². The summed E-state index contributed by atoms with van der Waals surface area (Å²) in [5.74, 6) is 0.316. The Balaban J connectivity index is 1.71. The number of anilines is 1. The van der Waals surface area contributed by atoms with Crippen molar-refractivity contribution in [1.82, 2.24) is 5.32 Å². The summed E-state index contributed by atoms with van der Waals surface area (Å²) in [5, 5.41) is 5.87. The Morgan fingerprint density at radius 3 is 2.61 bits per heavy atom. The number of benzene rings is 2. The number of carbonyl (C=O) groups is 1. The van der Waals surface area contributed by atoms with Crippen LogP contribution in [0.3, 0.4) is 0 Å². The molecule has 0 bridgehead atoms. The quantitative estimate of drug-likeness (QED) is 0.589. The largest absolute Gasteiger partial charge is 0.494 e. The molecule has 6 nitrogen and oxygen atoms in total. The molecule has 1 heterocycles. The second-order valence-corrected chi connectivity index (χ2v) is 6.37. The van der Waals surface area contributed by atoms with Crippen LogP contribution in [-0.4, -0.2) is 37.7 Å². The molecule has 1 amide bonds. The van der Waals surface area contributed by atoms with E-state index in [1.54, 1.807) is 0 Å². The van der Waals surface area contributed by atoms with Gasteiger partial charge in [-0.1, -0.05) is 0 Å². The highest BCUT2D eigenvalue weighted by atomic mass is 19.1. The SMILES string of the molecule is CCOc1ccc(NC(=NC[C@@H]2CCCO2)NC(=O)c2ccc(F)cc2)cc1. The van der Waals surface area contributed by atoms with Crippen LogP contribution >= 0.6 is 0 Å². The van der Waals surface area contributed by atoms with Gasteiger partial charge >= 0.3 is 0 Å². The molecule has 0 aliphatic carbocycles. The van der Waals surface area contributed by atoms with Crippen molar-refractivity contribution in [3.8, 4) is 5.75 Å². The van der Waals surface area contributed by atoms with Gasteiger partial charge in [0, 0.05) is 17.9 Å². The molecule has 2 aromatic carbocycles. The number of rotatable bonds is 6. The molecule has 148 valence electrons. The van der Waals surface area contributed by atoms with E-state index in [4.69, 9.17) is 9.47 Å². The third kappa shape index (κ3) is 5.79. The average molecular weight is 385 g/mol. The zero-order valence-corrected chi connectivity index (χ0v) is 15.8. The van der Waals surface area contributed by atoms with Crippen molar-refractivity contribution in [2.45, 2.75) is 25.9 Å². The maximum atomic E-state index is 13.1. The standard InChI is InChI=1S/C21H24FN3O3/c1-2-27-18-11-9-17(10-12-18)24-21(23-14-19-4-3-13-28-19)25-20(26)15-5-7-16(22)8-6-15/h5-12,19H,2-4,13-14H2,1H3,(H2,23,24,25,26)/t19-/m0/s1. The maximum Gasteiger partial charge on any atom is 0.257 e. The van der Waals surface area contributed by atoms with Crippen molar-refractivity contribution in [3.63, 3.8) is 0 Å². The molecule has 0 aromatic heterocycles. The van der Waals surface area contributed by atoms with Gasteiger partial charge < -0.3 is 14.8 Å². The Bertz CT molecular complexity index is 801. The van der Waals surface area contributed by atoms with Gasteiger partial charge in [-0.2, -0.15) is 0 Å². The number of hydrogen-bond acceptors (Lipinski definition) is 4. The van der Waals surface area contributed by atoms with Crippen LogP contribution in [0.15, 0.2) is 53.5 Å². The molecule has 1 aliphatic rings. The lowest BCUT2D eigenvalue weighted by molar-refractivity contribution is 0.0975. The second kappa shape index (κ2) is 9.85. The summed E-state index contributed by atoms with van der Waals surface area (Å²) in [7, 11) is 0. The minimum Gasteiger partial charge on any atom is -0.494 e. The summed E-state index contributed by atoms with van der Waals surface area (Å²) in [6.07, 6.45) is 2.02. The van der Waals surface area contributed by atoms with Gasteiger partial charge in [0.15, 0.2) is 0 Å². The third-order valence-electron chi connectivity index (χ3n) is 4.24. The summed E-state index contributed by atoms with van der Waals surface area (Å²) >= 11 is 0. The molecule has 2 aromatic rings. The fraction of sp³-hybridized carbons (Fsp3) is 0.333. The van der Waals surface area contributed by atoms with E-state index in [-0.39, 0.29) is 12.0 Å². The highest BCUT2D eigenvalue weighted by Gasteiger charge is 2.16. The first-order chi connectivity index (χ1) is 13.6. The molecule has 1 fully saturated rings. The number of aliphatic imine (C=N–C) groups is 1. The van der Waals surface area contributed by atoms with Gasteiger partial charge in [-0.15, -0.1) is 0 Å². The predicted molar refractivity (Wildman–Crippen MR) is 106 cm³/mol. The number of nitrogens with one attached hydrogen (secondary N) is 2. The molecule has 0 saturated carbocycles. The molecule has 1 saturated heterocycles. The van der Waals surface area contributed by atoms with E-state index in [0.29, 0.717) is 24.7 Å². The van der Waals surface area contributed by atoms with Crippen molar-refractivity contribution in [3.05, 3.63) is 59.9 Å². The molecule has 0 spiro atoms. The molecule has 0 radical (unpaired) electrons. The van der Waals surface area contributed by atoms with Gasteiger partial charge in [0.2, 0.25) is 5.96 Å². The molecular formula is C21H24FN3O3. The van der Waals surface area contributed by atoms with Gasteiger partial charge in [0.1, 0.15) is 11.6 Å². The third-order valence-corrected chi connectivity index (χ3v) is 4.24. The molecule has 7 heteroatoms. The summed E-state index contributed by atoms with van der Waals surface area (Å²) in [6, 6.07) is 12.7. The monoisotopic (exact) mass is 385 g/mol. The molecule has 1 aliphatic heterocycles. The lowest BCUT2D eigenvalue weighted by Gasteiger charge is -2.14. The number of amides is 1. The Morgan fingerprint density at radius 1 is 1.21 bits per heavy atom. The number of carbonyl (C=O) groups excluding carboxylic acids is 1. The first-order valence-electron chi connectivity index (χ1n) is 9.37. The summed E-state index contributed by atoms with van der Waals surface area (Å²) < 4.78 is 24.1. The minimum atomic E-state index is -0.392. The molecule has 2 N–H and O–H groups in total. The van der Waals surface area contributed by atoms with Crippen molar-refractivity contribution >= 4 is 17.6 Å². The molecular weight excluding hydrogens is 361 g/mol. The summed E-state index contributed by atoms with van der Waals surface area (Å²) in [5.41, 5.74) is 1.11. The Kier molecular flexibility index (Phi) is 6.97. The average Bonchev–Trinajstić information content (AvgIpc) is 3.22. The second-order valence-electron chi connectivity index (χ2n) is 6.37. The van der Waals surface area contributed by atoms with E-state index in [0.717, 1.165) is 30.9 Å². The zero-order chi connectivity index (χ0) is 19.8. The van der Waals surface area contributed by atoms with Gasteiger partial charge in [-0.3, -0.25) is 10.1 Å². The Morgan fingerprint density at radius 2 is 1.96 bits per heavy atom. The van der Waals surface area contributed by atoms with Crippen LogP contribution in [0.4, 0.5) is 10.1 Å². The van der Waals surface area contributed by atoms with Gasteiger partial charge in [-0.25, -0.2) is 9.38 Å². The normalized spacial score (nSPS) is 16.6. The van der Waals surface area contributed by atoms with Crippen LogP contribution < -0.4 is 15.4 Å². The van der Waals surface area contributed by atoms with Crippen LogP contribution in [0, 0.1) is 5.82 Å². The van der Waals surface area contributed by atoms with E-state index in [9.17, 15) is 9.18 Å². The minimum absolute atomic E-state index is 0.0554. The van der Waals surface area contributed by atoms with E-state index in [1.165, 1.54) is 24.3 Å². The first kappa shape index (κ1) is 19.8. The maximum absolute atomic E-state index is 13.1. The number of nitrogens with zero attached hydrogens (tertiary/aromatic N) is 1. The number of hydrogen-bond donors (Lipinski definition) is 2. The number of halogens is 1. The smallest absolute Gasteiger partial charge is 0.257 e. The van der Waals surface area contributed by atoms with Crippen LogP contribution in [0.2, 0.25) is 0 Å². The zero-order valence-electron chi connectivity index (χ0n) is 15.8. The topological polar surface area (TPSA) is 71.9 Å². The summed E-state index contributed by atoms with van der Waals surface area (Å²) in [4.78, 5) is 17.0. The van der Waals surface area contributed by atoms with Gasteiger partial charge in [0.25, 0.3) is 5.91 Å². The number of ether oxygens (including phenoxy) is 2. The van der Waals surface area contributed by atoms with Crippen molar-refractivity contribution in [1.29, 1.82) is 0 Å². The highest BCUT2D eigenvalue weighted by Crippen LogP contribution is 2.16. The first-order valence-corrected chi connectivity index (χ1v) is 9.37. The van der Waals surface area contributed by atoms with Gasteiger partial charge in [-0.05, 0) is 68.3 Å². The highest BCUT2D eigenvalue weighted by molar-refractivity contribution is 6.09. The molecule has 3 rings (SSSR count).